The molecule has 0 amide bonds. The summed E-state index contributed by atoms with van der Waals surface area (Å²) in [5.74, 6) is 0.941. The summed E-state index contributed by atoms with van der Waals surface area (Å²) in [6, 6.07) is 8.69. The minimum atomic E-state index is 0.624. The molecule has 3 rings (SSSR count). The molecule has 0 spiro atoms. The van der Waals surface area contributed by atoms with Crippen molar-refractivity contribution in [3.05, 3.63) is 65.9 Å². The predicted molar refractivity (Wildman–Crippen MR) is 98.1 cm³/mol. The Kier molecular flexibility index (Phi) is 5.02. The Morgan fingerprint density at radius 1 is 1.17 bits per heavy atom. The van der Waals surface area contributed by atoms with Crippen LogP contribution in [-0.4, -0.2) is 11.2 Å². The van der Waals surface area contributed by atoms with Crippen molar-refractivity contribution in [2.24, 2.45) is 0 Å². The second kappa shape index (κ2) is 7.36. The summed E-state index contributed by atoms with van der Waals surface area (Å²) in [6.07, 6.45) is 14.0. The SMILES string of the molecule is CCCCn1c(C)cc2cc(OCC3=CCC=CC=C3)ccc21. The molecule has 2 heteroatoms. The highest BCUT2D eigenvalue weighted by Gasteiger charge is 2.07. The number of allylic oxidation sites excluding steroid dienone is 4. The third-order valence-electron chi connectivity index (χ3n) is 4.29. The molecule has 120 valence electrons. The molecule has 0 unspecified atom stereocenters. The number of aromatic nitrogens is 1. The van der Waals surface area contributed by atoms with Crippen LogP contribution in [0.4, 0.5) is 0 Å². The molecule has 1 aromatic carbocycles. The second-order valence-corrected chi connectivity index (χ2v) is 6.10. The number of unbranched alkanes of at least 4 members (excludes halogenated alkanes) is 1. The highest BCUT2D eigenvalue weighted by Crippen LogP contribution is 2.25. The van der Waals surface area contributed by atoms with Gasteiger partial charge in [0.2, 0.25) is 0 Å². The molecule has 0 fully saturated rings. The van der Waals surface area contributed by atoms with Crippen molar-refractivity contribution in [3.8, 4) is 5.75 Å². The van der Waals surface area contributed by atoms with Crippen LogP contribution in [0, 0.1) is 6.92 Å². The van der Waals surface area contributed by atoms with Gasteiger partial charge in [-0.1, -0.05) is 43.7 Å². The zero-order valence-corrected chi connectivity index (χ0v) is 14.1. The van der Waals surface area contributed by atoms with Gasteiger partial charge in [-0.25, -0.2) is 0 Å². The Balaban J connectivity index is 1.74. The van der Waals surface area contributed by atoms with Crippen molar-refractivity contribution < 1.29 is 4.74 Å². The van der Waals surface area contributed by atoms with E-state index in [1.54, 1.807) is 0 Å². The van der Waals surface area contributed by atoms with Crippen LogP contribution >= 0.6 is 0 Å². The summed E-state index contributed by atoms with van der Waals surface area (Å²) in [5, 5.41) is 1.27. The van der Waals surface area contributed by atoms with Gasteiger partial charge in [0.25, 0.3) is 0 Å². The van der Waals surface area contributed by atoms with Crippen LogP contribution in [0.15, 0.2) is 60.2 Å². The quantitative estimate of drug-likeness (QED) is 0.680. The van der Waals surface area contributed by atoms with Crippen molar-refractivity contribution in [2.45, 2.75) is 39.7 Å². The zero-order chi connectivity index (χ0) is 16.1. The highest BCUT2D eigenvalue weighted by atomic mass is 16.5. The van der Waals surface area contributed by atoms with Gasteiger partial charge < -0.3 is 9.30 Å². The summed E-state index contributed by atoms with van der Waals surface area (Å²) < 4.78 is 8.39. The fourth-order valence-electron chi connectivity index (χ4n) is 2.99. The van der Waals surface area contributed by atoms with Crippen LogP contribution in [0.2, 0.25) is 0 Å². The van der Waals surface area contributed by atoms with E-state index in [4.69, 9.17) is 4.74 Å². The molecule has 0 radical (unpaired) electrons. The van der Waals surface area contributed by atoms with E-state index in [0.717, 1.165) is 18.7 Å². The predicted octanol–water partition coefficient (Wildman–Crippen LogP) is 5.57. The van der Waals surface area contributed by atoms with Crippen LogP contribution in [0.25, 0.3) is 10.9 Å². The number of hydrogen-bond acceptors (Lipinski definition) is 1. The number of benzene rings is 1. The van der Waals surface area contributed by atoms with E-state index in [0.29, 0.717) is 6.61 Å². The largest absolute Gasteiger partial charge is 0.489 e. The Labute approximate surface area is 138 Å². The summed E-state index contributed by atoms with van der Waals surface area (Å²) >= 11 is 0. The van der Waals surface area contributed by atoms with Crippen LogP contribution < -0.4 is 4.74 Å². The Morgan fingerprint density at radius 2 is 2.09 bits per heavy atom. The molecule has 1 heterocycles. The average Bonchev–Trinajstić information content (AvgIpc) is 2.73. The Morgan fingerprint density at radius 3 is 2.96 bits per heavy atom. The van der Waals surface area contributed by atoms with Crippen LogP contribution in [0.3, 0.4) is 0 Å². The average molecular weight is 307 g/mol. The molecule has 0 saturated carbocycles. The lowest BCUT2D eigenvalue weighted by atomic mass is 10.2. The topological polar surface area (TPSA) is 14.2 Å². The lowest BCUT2D eigenvalue weighted by molar-refractivity contribution is 0.356. The summed E-state index contributed by atoms with van der Waals surface area (Å²) in [4.78, 5) is 0. The van der Waals surface area contributed by atoms with Crippen LogP contribution in [0.1, 0.15) is 31.9 Å². The van der Waals surface area contributed by atoms with Crippen LogP contribution in [-0.2, 0) is 6.54 Å². The minimum absolute atomic E-state index is 0.624. The number of ether oxygens (including phenoxy) is 1. The van der Waals surface area contributed by atoms with E-state index >= 15 is 0 Å². The first-order valence-corrected chi connectivity index (χ1v) is 8.53. The van der Waals surface area contributed by atoms with Crippen molar-refractivity contribution in [1.82, 2.24) is 4.57 Å². The number of nitrogens with zero attached hydrogens (tertiary/aromatic N) is 1. The molecule has 1 aromatic heterocycles. The Bertz CT molecular complexity index is 761. The lowest BCUT2D eigenvalue weighted by Crippen LogP contribution is -2.00. The van der Waals surface area contributed by atoms with E-state index in [9.17, 15) is 0 Å². The fraction of sp³-hybridized carbons (Fsp3) is 0.333. The molecule has 23 heavy (non-hydrogen) atoms. The molecule has 0 aliphatic heterocycles. The van der Waals surface area contributed by atoms with Crippen LogP contribution in [0.5, 0.6) is 5.75 Å². The smallest absolute Gasteiger partial charge is 0.120 e. The third-order valence-corrected chi connectivity index (χ3v) is 4.29. The maximum Gasteiger partial charge on any atom is 0.120 e. The van der Waals surface area contributed by atoms with Gasteiger partial charge in [0.15, 0.2) is 0 Å². The first-order valence-electron chi connectivity index (χ1n) is 8.53. The standard InChI is InChI=1S/C21H25NO/c1-3-4-13-22-17(2)14-19-15-20(11-12-21(19)22)23-16-18-9-7-5-6-8-10-18/h5-7,9-12,14-15H,3-4,8,13,16H2,1-2H3. The first kappa shape index (κ1) is 15.7. The number of hydrogen-bond donors (Lipinski definition) is 0. The van der Waals surface area contributed by atoms with Gasteiger partial charge in [-0.3, -0.25) is 0 Å². The normalized spacial score (nSPS) is 14.1. The van der Waals surface area contributed by atoms with E-state index in [-0.39, 0.29) is 0 Å². The van der Waals surface area contributed by atoms with Crippen molar-refractivity contribution in [1.29, 1.82) is 0 Å². The molecule has 2 nitrogen and oxygen atoms in total. The van der Waals surface area contributed by atoms with E-state index in [1.807, 2.05) is 0 Å². The molecule has 0 saturated heterocycles. The van der Waals surface area contributed by atoms with Gasteiger partial charge >= 0.3 is 0 Å². The van der Waals surface area contributed by atoms with Gasteiger partial charge in [0, 0.05) is 23.1 Å². The van der Waals surface area contributed by atoms with Crippen molar-refractivity contribution in [3.63, 3.8) is 0 Å². The fourth-order valence-corrected chi connectivity index (χ4v) is 2.99. The first-order chi connectivity index (χ1) is 11.3. The number of aryl methyl sites for hydroxylation is 2. The maximum absolute atomic E-state index is 5.98. The monoisotopic (exact) mass is 307 g/mol. The van der Waals surface area contributed by atoms with Gasteiger partial charge in [-0.05, 0) is 49.6 Å². The lowest BCUT2D eigenvalue weighted by Gasteiger charge is -2.09. The molecule has 1 aliphatic rings. The van der Waals surface area contributed by atoms with Gasteiger partial charge in [0.1, 0.15) is 12.4 Å². The second-order valence-electron chi connectivity index (χ2n) is 6.10. The molecule has 0 atom stereocenters. The van der Waals surface area contributed by atoms with Gasteiger partial charge in [0.05, 0.1) is 0 Å². The molecule has 0 bridgehead atoms. The van der Waals surface area contributed by atoms with E-state index in [1.165, 1.54) is 35.0 Å². The van der Waals surface area contributed by atoms with E-state index in [2.05, 4.69) is 73.1 Å². The van der Waals surface area contributed by atoms with Gasteiger partial charge in [-0.2, -0.15) is 0 Å². The van der Waals surface area contributed by atoms with Crippen molar-refractivity contribution in [2.75, 3.05) is 6.61 Å². The number of fused-ring (bicyclic) bond motifs is 1. The van der Waals surface area contributed by atoms with Crippen molar-refractivity contribution >= 4 is 10.9 Å². The van der Waals surface area contributed by atoms with Gasteiger partial charge in [-0.15, -0.1) is 0 Å². The summed E-state index contributed by atoms with van der Waals surface area (Å²) in [5.41, 5.74) is 3.86. The third kappa shape index (κ3) is 3.76. The Hall–Kier alpha value is -2.22. The molecular weight excluding hydrogens is 282 g/mol. The molecule has 1 aliphatic carbocycles. The van der Waals surface area contributed by atoms with E-state index < -0.39 is 0 Å². The summed E-state index contributed by atoms with van der Waals surface area (Å²) in [7, 11) is 0. The maximum atomic E-state index is 5.98. The molecule has 0 N–H and O–H groups in total. The summed E-state index contributed by atoms with van der Waals surface area (Å²) in [6.45, 7) is 6.14. The minimum Gasteiger partial charge on any atom is -0.489 e. The molecule has 2 aromatic rings. The number of rotatable bonds is 6. The zero-order valence-electron chi connectivity index (χ0n) is 14.1. The highest BCUT2D eigenvalue weighted by molar-refractivity contribution is 5.82. The molecular formula is C21H25NO.